The molecular formula is C37H27Br2NO7. The van der Waals surface area contributed by atoms with Gasteiger partial charge in [0.1, 0.15) is 0 Å². The minimum atomic E-state index is -0.763. The Morgan fingerprint density at radius 2 is 1.60 bits per heavy atom. The van der Waals surface area contributed by atoms with E-state index in [4.69, 9.17) is 4.74 Å². The maximum atomic E-state index is 14.3. The van der Waals surface area contributed by atoms with Crippen LogP contribution in [0.1, 0.15) is 47.2 Å². The molecule has 0 radical (unpaired) electrons. The van der Waals surface area contributed by atoms with Crippen molar-refractivity contribution >= 4 is 66.7 Å². The molecule has 3 aromatic rings. The molecule has 236 valence electrons. The third-order valence-electron chi connectivity index (χ3n) is 9.69. The Morgan fingerprint density at radius 3 is 2.28 bits per heavy atom. The molecule has 47 heavy (non-hydrogen) atoms. The average Bonchev–Trinajstić information content (AvgIpc) is 3.34. The minimum absolute atomic E-state index is 0.131. The van der Waals surface area contributed by atoms with Crippen molar-refractivity contribution in [3.05, 3.63) is 121 Å². The molecule has 8 nitrogen and oxygen atoms in total. The first-order valence-electron chi connectivity index (χ1n) is 15.1. The summed E-state index contributed by atoms with van der Waals surface area (Å²) in [6, 6.07) is 16.9. The van der Waals surface area contributed by atoms with Crippen molar-refractivity contribution in [3.63, 3.8) is 0 Å². The summed E-state index contributed by atoms with van der Waals surface area (Å²) < 4.78 is 6.23. The zero-order valence-electron chi connectivity index (χ0n) is 25.3. The molecule has 2 amide bonds. The van der Waals surface area contributed by atoms with E-state index in [-0.39, 0.29) is 53.5 Å². The highest BCUT2D eigenvalue weighted by Gasteiger charge is 2.57. The van der Waals surface area contributed by atoms with E-state index in [9.17, 15) is 29.1 Å². The van der Waals surface area contributed by atoms with E-state index in [0.717, 1.165) is 5.57 Å². The molecule has 3 aromatic carbocycles. The molecule has 1 N–H and O–H groups in total. The van der Waals surface area contributed by atoms with Gasteiger partial charge in [0.2, 0.25) is 11.8 Å². The lowest BCUT2D eigenvalue weighted by Crippen LogP contribution is -2.40. The number of carbonyl (C=O) groups is 5. The van der Waals surface area contributed by atoms with Crippen molar-refractivity contribution in [3.8, 4) is 11.5 Å². The van der Waals surface area contributed by atoms with Gasteiger partial charge in [0.05, 0.1) is 29.1 Å². The molecular weight excluding hydrogens is 730 g/mol. The van der Waals surface area contributed by atoms with Crippen LogP contribution in [0.25, 0.3) is 0 Å². The zero-order chi connectivity index (χ0) is 33.3. The summed E-state index contributed by atoms with van der Waals surface area (Å²) in [5.74, 6) is -4.10. The second-order valence-corrected chi connectivity index (χ2v) is 13.7. The fourth-order valence-electron chi connectivity index (χ4n) is 7.47. The first kappa shape index (κ1) is 31.2. The number of ketones is 3. The molecule has 3 aliphatic carbocycles. The van der Waals surface area contributed by atoms with E-state index in [1.807, 2.05) is 12.1 Å². The number of allylic oxidation sites excluding steroid dienone is 6. The molecule has 4 atom stereocenters. The number of nitrogens with zero attached hydrogens (tertiary/aromatic N) is 1. The predicted octanol–water partition coefficient (Wildman–Crippen LogP) is 6.79. The smallest absolute Gasteiger partial charge is 0.238 e. The molecule has 0 saturated carbocycles. The highest BCUT2D eigenvalue weighted by molar-refractivity contribution is 9.13. The number of rotatable bonds is 5. The summed E-state index contributed by atoms with van der Waals surface area (Å²) in [7, 11) is 1.42. The third kappa shape index (κ3) is 4.80. The molecule has 0 bridgehead atoms. The highest BCUT2D eigenvalue weighted by atomic mass is 79.9. The SMILES string of the molecule is COc1cc([C@H]2C3=CC[C@@H]4C(=O)N(c5ccc(C(=O)c6ccccc6)cc5)C(=O)[C@@H]4[C@@H]3CC3=C2C(=O)C(C)=CC3=O)c(Br)c(Br)c1O. The van der Waals surface area contributed by atoms with Crippen molar-refractivity contribution in [1.82, 2.24) is 0 Å². The Bertz CT molecular complexity index is 2030. The van der Waals surface area contributed by atoms with Crippen LogP contribution in [-0.4, -0.2) is 41.4 Å². The molecule has 1 heterocycles. The average molecular weight is 757 g/mol. The summed E-state index contributed by atoms with van der Waals surface area (Å²) in [5, 5.41) is 10.7. The van der Waals surface area contributed by atoms with E-state index < -0.39 is 23.7 Å². The largest absolute Gasteiger partial charge is 0.503 e. The normalized spacial score (nSPS) is 23.6. The van der Waals surface area contributed by atoms with Crippen LogP contribution in [0.5, 0.6) is 11.5 Å². The van der Waals surface area contributed by atoms with Gasteiger partial charge in [-0.15, -0.1) is 0 Å². The van der Waals surface area contributed by atoms with E-state index in [0.29, 0.717) is 48.0 Å². The number of anilines is 1. The van der Waals surface area contributed by atoms with Gasteiger partial charge in [-0.05, 0) is 99.5 Å². The van der Waals surface area contributed by atoms with E-state index in [1.165, 1.54) is 18.1 Å². The molecule has 7 rings (SSSR count). The van der Waals surface area contributed by atoms with E-state index >= 15 is 0 Å². The number of Topliss-reactive ketones (excluding diaryl/α,β-unsaturated/α-hetero) is 1. The van der Waals surface area contributed by atoms with Crippen molar-refractivity contribution in [2.75, 3.05) is 12.0 Å². The van der Waals surface area contributed by atoms with Crippen LogP contribution in [0.2, 0.25) is 0 Å². The van der Waals surface area contributed by atoms with Gasteiger partial charge in [-0.3, -0.25) is 28.9 Å². The fourth-order valence-corrected chi connectivity index (χ4v) is 8.42. The molecule has 0 unspecified atom stereocenters. The van der Waals surface area contributed by atoms with Crippen LogP contribution in [0.4, 0.5) is 5.69 Å². The lowest BCUT2D eigenvalue weighted by Gasteiger charge is -2.42. The van der Waals surface area contributed by atoms with Crippen molar-refractivity contribution in [1.29, 1.82) is 0 Å². The molecule has 1 aliphatic heterocycles. The van der Waals surface area contributed by atoms with Crippen LogP contribution in [0.3, 0.4) is 0 Å². The quantitative estimate of drug-likeness (QED) is 0.132. The number of methoxy groups -OCH3 is 1. The predicted molar refractivity (Wildman–Crippen MR) is 180 cm³/mol. The number of carbonyl (C=O) groups excluding carboxylic acids is 5. The molecule has 4 aliphatic rings. The van der Waals surface area contributed by atoms with E-state index in [2.05, 4.69) is 31.9 Å². The maximum absolute atomic E-state index is 14.3. The monoisotopic (exact) mass is 755 g/mol. The maximum Gasteiger partial charge on any atom is 0.238 e. The number of fused-ring (bicyclic) bond motifs is 3. The second-order valence-electron chi connectivity index (χ2n) is 12.1. The van der Waals surface area contributed by atoms with Gasteiger partial charge in [0.15, 0.2) is 28.8 Å². The number of hydrogen-bond donors (Lipinski definition) is 1. The van der Waals surface area contributed by atoms with Crippen LogP contribution < -0.4 is 9.64 Å². The molecule has 0 aromatic heterocycles. The highest BCUT2D eigenvalue weighted by Crippen LogP contribution is 2.57. The topological polar surface area (TPSA) is 118 Å². The van der Waals surface area contributed by atoms with Crippen molar-refractivity contribution < 1.29 is 33.8 Å². The van der Waals surface area contributed by atoms with Gasteiger partial charge in [-0.2, -0.15) is 0 Å². The van der Waals surface area contributed by atoms with Crippen LogP contribution in [-0.2, 0) is 19.2 Å². The van der Waals surface area contributed by atoms with Gasteiger partial charge in [-0.25, -0.2) is 0 Å². The van der Waals surface area contributed by atoms with Crippen LogP contribution in [0, 0.1) is 17.8 Å². The van der Waals surface area contributed by atoms with E-state index in [1.54, 1.807) is 61.5 Å². The van der Waals surface area contributed by atoms with Gasteiger partial charge < -0.3 is 9.84 Å². The molecule has 1 fully saturated rings. The first-order chi connectivity index (χ1) is 22.5. The molecule has 1 saturated heterocycles. The number of aromatic hydroxyl groups is 1. The van der Waals surface area contributed by atoms with Gasteiger partial charge >= 0.3 is 0 Å². The Kier molecular flexibility index (Phi) is 7.75. The third-order valence-corrected chi connectivity index (χ3v) is 11.9. The first-order valence-corrected chi connectivity index (χ1v) is 16.6. The van der Waals surface area contributed by atoms with Gasteiger partial charge in [-0.1, -0.05) is 42.0 Å². The Labute approximate surface area is 287 Å². The fraction of sp³-hybridized carbons (Fsp3) is 0.216. The number of imide groups is 1. The Morgan fingerprint density at radius 1 is 0.915 bits per heavy atom. The van der Waals surface area contributed by atoms with Crippen LogP contribution in [0.15, 0.2) is 104 Å². The standard InChI is InChI=1S/C37H27Br2NO7/c1-17-14-26(41)24-15-23-21(28(30(24)33(17)42)25-16-27(47-2)35(44)32(39)31(25)38)12-13-22-29(23)37(46)40(36(22)45)20-10-8-19(9-11-20)34(43)18-6-4-3-5-7-18/h3-12,14,16,22-23,28-29,44H,13,15H2,1-2H3/t22-,23+,28+,29-/m0/s1. The zero-order valence-corrected chi connectivity index (χ0v) is 28.4. The number of ether oxygens (including phenoxy) is 1. The number of amides is 2. The number of benzene rings is 3. The van der Waals surface area contributed by atoms with Crippen LogP contribution >= 0.6 is 31.9 Å². The van der Waals surface area contributed by atoms with Crippen molar-refractivity contribution in [2.45, 2.75) is 25.7 Å². The Hall–Kier alpha value is -4.41. The van der Waals surface area contributed by atoms with Crippen molar-refractivity contribution in [2.24, 2.45) is 17.8 Å². The van der Waals surface area contributed by atoms with Gasteiger partial charge in [0.25, 0.3) is 0 Å². The second kappa shape index (κ2) is 11.7. The lowest BCUT2D eigenvalue weighted by molar-refractivity contribution is -0.123. The summed E-state index contributed by atoms with van der Waals surface area (Å²) >= 11 is 7.01. The lowest BCUT2D eigenvalue weighted by atomic mass is 9.59. The summed E-state index contributed by atoms with van der Waals surface area (Å²) in [4.78, 5) is 69.6. The number of phenolic OH excluding ortho intramolecular Hbond substituents is 1. The number of halogens is 2. The van der Waals surface area contributed by atoms with Gasteiger partial charge in [0, 0.05) is 38.2 Å². The summed E-state index contributed by atoms with van der Waals surface area (Å²) in [6.45, 7) is 1.61. The molecule has 0 spiro atoms. The minimum Gasteiger partial charge on any atom is -0.503 e. The summed E-state index contributed by atoms with van der Waals surface area (Å²) in [5.41, 5.74) is 3.66. The number of phenols is 1. The molecule has 10 heteroatoms. The summed E-state index contributed by atoms with van der Waals surface area (Å²) in [6.07, 6.45) is 3.67. The Balaban J connectivity index is 1.29. The number of hydrogen-bond acceptors (Lipinski definition) is 7.